The number of aldehydes is 1. The first-order valence-electron chi connectivity index (χ1n) is 5.85. The average Bonchev–Trinajstić information content (AvgIpc) is 2.16. The fraction of sp³-hybridized carbons (Fsp3) is 0.643. The van der Waals surface area contributed by atoms with Crippen molar-refractivity contribution in [2.24, 2.45) is 16.7 Å². The van der Waals surface area contributed by atoms with E-state index in [9.17, 15) is 4.79 Å². The molecule has 1 aliphatic carbocycles. The first-order valence-corrected chi connectivity index (χ1v) is 5.85. The molecule has 0 fully saturated rings. The van der Waals surface area contributed by atoms with E-state index in [1.165, 1.54) is 11.1 Å². The molecule has 1 atom stereocenters. The second kappa shape index (κ2) is 3.47. The van der Waals surface area contributed by atoms with Gasteiger partial charge in [0.25, 0.3) is 0 Å². The van der Waals surface area contributed by atoms with Crippen molar-refractivity contribution in [3.8, 4) is 0 Å². The predicted molar refractivity (Wildman–Crippen MR) is 63.9 cm³/mol. The van der Waals surface area contributed by atoms with Gasteiger partial charge in [-0.2, -0.15) is 0 Å². The van der Waals surface area contributed by atoms with E-state index < -0.39 is 0 Å². The molecule has 0 aromatic rings. The normalized spacial score (nSPS) is 30.6. The van der Waals surface area contributed by atoms with Crippen LogP contribution in [0, 0.1) is 16.7 Å². The molecule has 16 heavy (non-hydrogen) atoms. The number of carbonyl (C=O) groups is 1. The second-order valence-electron chi connectivity index (χ2n) is 6.21. The van der Waals surface area contributed by atoms with E-state index in [4.69, 9.17) is 4.74 Å². The van der Waals surface area contributed by atoms with Crippen molar-refractivity contribution >= 4 is 6.29 Å². The van der Waals surface area contributed by atoms with Crippen LogP contribution in [0.5, 0.6) is 0 Å². The van der Waals surface area contributed by atoms with Crippen molar-refractivity contribution in [1.29, 1.82) is 0 Å². The summed E-state index contributed by atoms with van der Waals surface area (Å²) in [5, 5.41) is 0. The molecule has 2 nitrogen and oxygen atoms in total. The van der Waals surface area contributed by atoms with Gasteiger partial charge in [-0.15, -0.1) is 0 Å². The summed E-state index contributed by atoms with van der Waals surface area (Å²) in [5.41, 5.74) is 2.64. The highest BCUT2D eigenvalue weighted by Crippen LogP contribution is 2.52. The molecule has 0 spiro atoms. The molecule has 0 radical (unpaired) electrons. The van der Waals surface area contributed by atoms with Gasteiger partial charge in [0.05, 0.1) is 6.26 Å². The maximum Gasteiger partial charge on any atom is 0.127 e. The summed E-state index contributed by atoms with van der Waals surface area (Å²) in [6, 6.07) is 0. The highest BCUT2D eigenvalue weighted by molar-refractivity contribution is 5.64. The van der Waals surface area contributed by atoms with E-state index in [0.717, 1.165) is 12.7 Å². The van der Waals surface area contributed by atoms with E-state index in [2.05, 4.69) is 27.7 Å². The van der Waals surface area contributed by atoms with E-state index in [1.807, 2.05) is 6.08 Å². The summed E-state index contributed by atoms with van der Waals surface area (Å²) in [4.78, 5) is 11.3. The van der Waals surface area contributed by atoms with Crippen LogP contribution in [-0.2, 0) is 9.53 Å². The SMILES string of the molecule is CC1(C)CC(C)(C)C(C=O)C2=C1COC=C2. The van der Waals surface area contributed by atoms with E-state index in [1.54, 1.807) is 6.26 Å². The van der Waals surface area contributed by atoms with Crippen LogP contribution in [0.1, 0.15) is 34.1 Å². The number of allylic oxidation sites excluding steroid dienone is 2. The van der Waals surface area contributed by atoms with Gasteiger partial charge in [0.1, 0.15) is 12.9 Å². The standard InChI is InChI=1S/C14H20O2/c1-13(2)9-14(3,4)12-8-16-6-5-10(12)11(13)7-15/h5-7,11H,8-9H2,1-4H3. The van der Waals surface area contributed by atoms with Crippen LogP contribution >= 0.6 is 0 Å². The van der Waals surface area contributed by atoms with E-state index in [0.29, 0.717) is 6.61 Å². The number of rotatable bonds is 1. The highest BCUT2D eigenvalue weighted by Gasteiger charge is 2.45. The molecule has 1 aliphatic heterocycles. The van der Waals surface area contributed by atoms with Crippen LogP contribution in [0.15, 0.2) is 23.5 Å². The zero-order chi connectivity index (χ0) is 12.0. The summed E-state index contributed by atoms with van der Waals surface area (Å²) in [6.45, 7) is 9.49. The van der Waals surface area contributed by atoms with Gasteiger partial charge in [0.15, 0.2) is 0 Å². The Labute approximate surface area is 97.4 Å². The van der Waals surface area contributed by atoms with Gasteiger partial charge in [-0.25, -0.2) is 0 Å². The Morgan fingerprint density at radius 1 is 1.38 bits per heavy atom. The molecule has 2 rings (SSSR count). The molecule has 0 amide bonds. The lowest BCUT2D eigenvalue weighted by Crippen LogP contribution is -2.40. The molecule has 88 valence electrons. The maximum atomic E-state index is 11.3. The van der Waals surface area contributed by atoms with Crippen LogP contribution in [0.25, 0.3) is 0 Å². The Kier molecular flexibility index (Phi) is 2.48. The molecule has 1 unspecified atom stereocenters. The molecule has 0 N–H and O–H groups in total. The van der Waals surface area contributed by atoms with Gasteiger partial charge in [0.2, 0.25) is 0 Å². The first kappa shape index (κ1) is 11.4. The molecule has 2 aliphatic rings. The molecular formula is C14H20O2. The van der Waals surface area contributed by atoms with Crippen LogP contribution in [0.4, 0.5) is 0 Å². The fourth-order valence-corrected chi connectivity index (χ4v) is 3.35. The van der Waals surface area contributed by atoms with Crippen LogP contribution in [-0.4, -0.2) is 12.9 Å². The average molecular weight is 220 g/mol. The summed E-state index contributed by atoms with van der Waals surface area (Å²) in [6.07, 6.45) is 5.81. The number of carbonyl (C=O) groups excluding carboxylic acids is 1. The Balaban J connectivity index is 2.55. The third-order valence-corrected chi connectivity index (χ3v) is 3.95. The molecule has 1 heterocycles. The highest BCUT2D eigenvalue weighted by atomic mass is 16.5. The fourth-order valence-electron chi connectivity index (χ4n) is 3.35. The van der Waals surface area contributed by atoms with Crippen molar-refractivity contribution in [3.63, 3.8) is 0 Å². The molecule has 0 bridgehead atoms. The summed E-state index contributed by atoms with van der Waals surface area (Å²) < 4.78 is 5.38. The first-order chi connectivity index (χ1) is 7.38. The molecule has 0 aromatic carbocycles. The second-order valence-corrected chi connectivity index (χ2v) is 6.21. The number of hydrogen-bond acceptors (Lipinski definition) is 2. The minimum Gasteiger partial charge on any atom is -0.497 e. The quantitative estimate of drug-likeness (QED) is 0.635. The molecule has 0 aromatic heterocycles. The van der Waals surface area contributed by atoms with Gasteiger partial charge in [-0.3, -0.25) is 0 Å². The Morgan fingerprint density at radius 2 is 2.06 bits per heavy atom. The predicted octanol–water partition coefficient (Wildman–Crippen LogP) is 3.10. The van der Waals surface area contributed by atoms with Gasteiger partial charge < -0.3 is 9.53 Å². The summed E-state index contributed by atoms with van der Waals surface area (Å²) >= 11 is 0. The zero-order valence-corrected chi connectivity index (χ0v) is 10.5. The summed E-state index contributed by atoms with van der Waals surface area (Å²) in [7, 11) is 0. The molecule has 2 heteroatoms. The van der Waals surface area contributed by atoms with Gasteiger partial charge in [-0.05, 0) is 34.5 Å². The summed E-state index contributed by atoms with van der Waals surface area (Å²) in [5.74, 6) is 0.00988. The Hall–Kier alpha value is -1.05. The zero-order valence-electron chi connectivity index (χ0n) is 10.5. The van der Waals surface area contributed by atoms with Gasteiger partial charge in [0, 0.05) is 5.92 Å². The largest absolute Gasteiger partial charge is 0.497 e. The number of ether oxygens (including phenoxy) is 1. The smallest absolute Gasteiger partial charge is 0.127 e. The van der Waals surface area contributed by atoms with Crippen LogP contribution in [0.3, 0.4) is 0 Å². The lowest BCUT2D eigenvalue weighted by molar-refractivity contribution is -0.113. The van der Waals surface area contributed by atoms with Crippen LogP contribution in [0.2, 0.25) is 0 Å². The van der Waals surface area contributed by atoms with E-state index in [-0.39, 0.29) is 16.7 Å². The third-order valence-electron chi connectivity index (χ3n) is 3.95. The third kappa shape index (κ3) is 1.60. The van der Waals surface area contributed by atoms with E-state index >= 15 is 0 Å². The minimum atomic E-state index is 0.00988. The lowest BCUT2D eigenvalue weighted by atomic mass is 9.57. The molecular weight excluding hydrogens is 200 g/mol. The maximum absolute atomic E-state index is 11.3. The van der Waals surface area contributed by atoms with Gasteiger partial charge >= 0.3 is 0 Å². The van der Waals surface area contributed by atoms with Gasteiger partial charge in [-0.1, -0.05) is 27.7 Å². The van der Waals surface area contributed by atoms with Crippen molar-refractivity contribution in [3.05, 3.63) is 23.5 Å². The van der Waals surface area contributed by atoms with Crippen molar-refractivity contribution in [1.82, 2.24) is 0 Å². The topological polar surface area (TPSA) is 26.3 Å². The molecule has 0 saturated carbocycles. The Morgan fingerprint density at radius 3 is 2.69 bits per heavy atom. The lowest BCUT2D eigenvalue weighted by Gasteiger charge is -2.47. The number of hydrogen-bond donors (Lipinski definition) is 0. The van der Waals surface area contributed by atoms with Crippen molar-refractivity contribution in [2.75, 3.05) is 6.61 Å². The minimum absolute atomic E-state index is 0.00988. The van der Waals surface area contributed by atoms with Crippen molar-refractivity contribution < 1.29 is 9.53 Å². The van der Waals surface area contributed by atoms with Crippen LogP contribution < -0.4 is 0 Å². The molecule has 0 saturated heterocycles. The van der Waals surface area contributed by atoms with Crippen molar-refractivity contribution in [2.45, 2.75) is 34.1 Å². The monoisotopic (exact) mass is 220 g/mol. The Bertz CT molecular complexity index is 372.